The predicted molar refractivity (Wildman–Crippen MR) is 72.4 cm³/mol. The van der Waals surface area contributed by atoms with Crippen LogP contribution in [-0.2, 0) is 15.0 Å². The largest absolute Gasteiger partial charge is 0.274 e. The van der Waals surface area contributed by atoms with E-state index in [0.29, 0.717) is 6.54 Å². The summed E-state index contributed by atoms with van der Waals surface area (Å²) in [5, 5.41) is 1.40. The quantitative estimate of drug-likeness (QED) is 0.786. The zero-order chi connectivity index (χ0) is 13.3. The Balaban J connectivity index is 2.11. The van der Waals surface area contributed by atoms with Crippen molar-refractivity contribution in [2.24, 2.45) is 0 Å². The molecule has 96 valence electrons. The van der Waals surface area contributed by atoms with Crippen molar-refractivity contribution in [1.82, 2.24) is 5.06 Å². The van der Waals surface area contributed by atoms with Crippen LogP contribution in [-0.4, -0.2) is 24.6 Å². The summed E-state index contributed by atoms with van der Waals surface area (Å²) in [5.41, 5.74) is 1.43. The van der Waals surface area contributed by atoms with Gasteiger partial charge in [0, 0.05) is 0 Å². The molecule has 0 saturated carbocycles. The summed E-state index contributed by atoms with van der Waals surface area (Å²) < 4.78 is 0. The molecule has 0 N–H and O–H groups in total. The van der Waals surface area contributed by atoms with Gasteiger partial charge in [-0.2, -0.15) is 0 Å². The smallest absolute Gasteiger partial charge is 0.263 e. The number of amides is 1. The Hall–Kier alpha value is -2.13. The average molecular weight is 253 g/mol. The van der Waals surface area contributed by atoms with E-state index < -0.39 is 5.41 Å². The van der Waals surface area contributed by atoms with Gasteiger partial charge in [0.2, 0.25) is 0 Å². The molecule has 3 rings (SSSR count). The second kappa shape index (κ2) is 4.52. The lowest BCUT2D eigenvalue weighted by Gasteiger charge is -2.47. The number of hydrogen-bond acceptors (Lipinski definition) is 2. The van der Waals surface area contributed by atoms with Gasteiger partial charge >= 0.3 is 0 Å². The molecule has 1 heterocycles. The highest BCUT2D eigenvalue weighted by Crippen LogP contribution is 2.41. The molecule has 3 heteroatoms. The van der Waals surface area contributed by atoms with E-state index in [0.717, 1.165) is 11.1 Å². The second-order valence-electron chi connectivity index (χ2n) is 4.66. The number of hydroxylamine groups is 2. The van der Waals surface area contributed by atoms with Crippen molar-refractivity contribution in [3.8, 4) is 0 Å². The van der Waals surface area contributed by atoms with Gasteiger partial charge in [-0.1, -0.05) is 60.7 Å². The van der Waals surface area contributed by atoms with E-state index in [2.05, 4.69) is 0 Å². The molecule has 1 amide bonds. The highest BCUT2D eigenvalue weighted by Gasteiger charge is 2.55. The fourth-order valence-electron chi connectivity index (χ4n) is 2.67. The molecule has 0 bridgehead atoms. The lowest BCUT2D eigenvalue weighted by atomic mass is 9.69. The van der Waals surface area contributed by atoms with Gasteiger partial charge in [-0.25, -0.2) is 5.06 Å². The van der Waals surface area contributed by atoms with E-state index >= 15 is 0 Å². The molecule has 0 radical (unpaired) electrons. The van der Waals surface area contributed by atoms with Gasteiger partial charge in [-0.3, -0.25) is 9.63 Å². The Kier molecular flexibility index (Phi) is 2.84. The van der Waals surface area contributed by atoms with Gasteiger partial charge in [-0.15, -0.1) is 0 Å². The van der Waals surface area contributed by atoms with Crippen LogP contribution in [0.4, 0.5) is 0 Å². The van der Waals surface area contributed by atoms with Crippen molar-refractivity contribution in [3.63, 3.8) is 0 Å². The summed E-state index contributed by atoms with van der Waals surface area (Å²) in [5.74, 6) is -0.00704. The highest BCUT2D eigenvalue weighted by molar-refractivity contribution is 5.97. The standard InChI is InChI=1S/C16H15NO2/c1-19-17-12-16(15(17)18,13-8-4-2-5-9-13)14-10-6-3-7-11-14/h2-11H,12H2,1H3. The number of β-lactam (4-membered cyclic amide) rings is 1. The third-order valence-corrected chi connectivity index (χ3v) is 3.73. The van der Waals surface area contributed by atoms with Crippen LogP contribution in [0.25, 0.3) is 0 Å². The zero-order valence-electron chi connectivity index (χ0n) is 10.7. The first-order valence-electron chi connectivity index (χ1n) is 6.26. The van der Waals surface area contributed by atoms with Crippen LogP contribution >= 0.6 is 0 Å². The summed E-state index contributed by atoms with van der Waals surface area (Å²) in [4.78, 5) is 17.6. The fourth-order valence-corrected chi connectivity index (χ4v) is 2.67. The zero-order valence-corrected chi connectivity index (χ0v) is 10.7. The monoisotopic (exact) mass is 253 g/mol. The molecule has 1 aliphatic rings. The molecule has 2 aromatic carbocycles. The van der Waals surface area contributed by atoms with Gasteiger partial charge in [0.15, 0.2) is 0 Å². The van der Waals surface area contributed by atoms with Crippen molar-refractivity contribution < 1.29 is 9.63 Å². The van der Waals surface area contributed by atoms with Gasteiger partial charge in [0.1, 0.15) is 5.41 Å². The lowest BCUT2D eigenvalue weighted by molar-refractivity contribution is -0.210. The molecular weight excluding hydrogens is 238 g/mol. The number of benzene rings is 2. The van der Waals surface area contributed by atoms with Crippen molar-refractivity contribution in [2.45, 2.75) is 5.41 Å². The first-order chi connectivity index (χ1) is 9.29. The van der Waals surface area contributed by atoms with E-state index in [9.17, 15) is 4.79 Å². The summed E-state index contributed by atoms with van der Waals surface area (Å²) in [6.45, 7) is 0.552. The molecule has 1 saturated heterocycles. The molecule has 0 unspecified atom stereocenters. The highest BCUT2D eigenvalue weighted by atomic mass is 16.7. The molecular formula is C16H15NO2. The predicted octanol–water partition coefficient (Wildman–Crippen LogP) is 2.38. The molecule has 1 aliphatic heterocycles. The molecule has 0 aliphatic carbocycles. The van der Waals surface area contributed by atoms with Crippen LogP contribution < -0.4 is 0 Å². The van der Waals surface area contributed by atoms with Crippen LogP contribution in [0.15, 0.2) is 60.7 Å². The topological polar surface area (TPSA) is 29.5 Å². The maximum absolute atomic E-state index is 12.5. The molecule has 0 spiro atoms. The number of carbonyl (C=O) groups excluding carboxylic acids is 1. The van der Waals surface area contributed by atoms with E-state index in [-0.39, 0.29) is 5.91 Å². The van der Waals surface area contributed by atoms with Crippen molar-refractivity contribution >= 4 is 5.91 Å². The summed E-state index contributed by atoms with van der Waals surface area (Å²) >= 11 is 0. The van der Waals surface area contributed by atoms with Crippen LogP contribution in [0.2, 0.25) is 0 Å². The van der Waals surface area contributed by atoms with Crippen LogP contribution in [0.5, 0.6) is 0 Å². The van der Waals surface area contributed by atoms with Crippen molar-refractivity contribution in [3.05, 3.63) is 71.8 Å². The fraction of sp³-hybridized carbons (Fsp3) is 0.188. The first-order valence-corrected chi connectivity index (χ1v) is 6.26. The average Bonchev–Trinajstić information content (AvgIpc) is 2.49. The van der Waals surface area contributed by atoms with E-state index in [1.54, 1.807) is 0 Å². The lowest BCUT2D eigenvalue weighted by Crippen LogP contribution is -2.64. The van der Waals surface area contributed by atoms with Gasteiger partial charge < -0.3 is 0 Å². The third kappa shape index (κ3) is 1.66. The number of hydrogen-bond donors (Lipinski definition) is 0. The molecule has 1 fully saturated rings. The van der Waals surface area contributed by atoms with E-state index in [1.165, 1.54) is 12.2 Å². The number of carbonyl (C=O) groups is 1. The van der Waals surface area contributed by atoms with Gasteiger partial charge in [-0.05, 0) is 11.1 Å². The van der Waals surface area contributed by atoms with E-state index in [4.69, 9.17) is 4.84 Å². The van der Waals surface area contributed by atoms with Gasteiger partial charge in [0.05, 0.1) is 13.7 Å². The van der Waals surface area contributed by atoms with E-state index in [1.807, 2.05) is 60.7 Å². The Morgan fingerprint density at radius 3 is 1.79 bits per heavy atom. The molecule has 0 atom stereocenters. The Labute approximate surface area is 112 Å². The van der Waals surface area contributed by atoms with Crippen molar-refractivity contribution in [1.29, 1.82) is 0 Å². The number of rotatable bonds is 3. The minimum absolute atomic E-state index is 0.00704. The molecule has 19 heavy (non-hydrogen) atoms. The molecule has 0 aromatic heterocycles. The maximum Gasteiger partial charge on any atom is 0.263 e. The Bertz CT molecular complexity index is 541. The SMILES string of the molecule is CON1CC(c2ccccc2)(c2ccccc2)C1=O. The minimum atomic E-state index is -0.599. The van der Waals surface area contributed by atoms with Crippen molar-refractivity contribution in [2.75, 3.05) is 13.7 Å². The summed E-state index contributed by atoms with van der Waals surface area (Å²) in [6.07, 6.45) is 0. The Morgan fingerprint density at radius 1 is 0.947 bits per heavy atom. The molecule has 3 nitrogen and oxygen atoms in total. The summed E-state index contributed by atoms with van der Waals surface area (Å²) in [6, 6.07) is 19.8. The van der Waals surface area contributed by atoms with Crippen LogP contribution in [0.1, 0.15) is 11.1 Å². The molecule has 2 aromatic rings. The third-order valence-electron chi connectivity index (χ3n) is 3.73. The first kappa shape index (κ1) is 11.9. The minimum Gasteiger partial charge on any atom is -0.274 e. The van der Waals surface area contributed by atoms with Crippen LogP contribution in [0, 0.1) is 0 Å². The Morgan fingerprint density at radius 2 is 1.42 bits per heavy atom. The normalized spacial score (nSPS) is 17.1. The second-order valence-corrected chi connectivity index (χ2v) is 4.66. The van der Waals surface area contributed by atoms with Gasteiger partial charge in [0.25, 0.3) is 5.91 Å². The maximum atomic E-state index is 12.5. The summed E-state index contributed by atoms with van der Waals surface area (Å²) in [7, 11) is 1.53. The number of nitrogens with zero attached hydrogens (tertiary/aromatic N) is 1. The van der Waals surface area contributed by atoms with Crippen LogP contribution in [0.3, 0.4) is 0 Å².